The molecule has 1 aromatic rings. The minimum atomic E-state index is -0.573. The third kappa shape index (κ3) is 1.80. The largest absolute Gasteiger partial charge is 0.333 e. The van der Waals surface area contributed by atoms with E-state index in [0.717, 1.165) is 31.7 Å². The van der Waals surface area contributed by atoms with E-state index in [1.807, 2.05) is 4.90 Å². The van der Waals surface area contributed by atoms with Crippen LogP contribution in [0.1, 0.15) is 43.7 Å². The van der Waals surface area contributed by atoms with Crippen LogP contribution in [0.3, 0.4) is 0 Å². The Kier molecular flexibility index (Phi) is 2.80. The Morgan fingerprint density at radius 1 is 1.17 bits per heavy atom. The van der Waals surface area contributed by atoms with Crippen molar-refractivity contribution in [3.63, 3.8) is 0 Å². The van der Waals surface area contributed by atoms with Crippen LogP contribution in [-0.4, -0.2) is 16.8 Å². The summed E-state index contributed by atoms with van der Waals surface area (Å²) >= 11 is 0. The molecular weight excluding hydrogens is 236 g/mol. The highest BCUT2D eigenvalue weighted by atomic mass is 19.1. The normalized spacial score (nSPS) is 27.4. The number of fused-ring (bicyclic) bond motifs is 1. The predicted molar refractivity (Wildman–Crippen MR) is 62.8 cm³/mol. The Bertz CT molecular complexity index is 489. The van der Waals surface area contributed by atoms with Gasteiger partial charge in [-0.1, -0.05) is 6.07 Å². The van der Waals surface area contributed by atoms with Gasteiger partial charge in [-0.3, -0.25) is 4.79 Å². The average Bonchev–Trinajstić information content (AvgIpc) is 2.74. The van der Waals surface area contributed by atoms with E-state index in [4.69, 9.17) is 0 Å². The summed E-state index contributed by atoms with van der Waals surface area (Å²) in [4.78, 5) is 13.8. The lowest BCUT2D eigenvalue weighted by atomic mass is 10.0. The molecule has 2 aliphatic heterocycles. The highest BCUT2D eigenvalue weighted by molar-refractivity contribution is 5.78. The number of amides is 1. The number of piperidine rings is 1. The molecule has 0 bridgehead atoms. The maximum Gasteiger partial charge on any atom is 0.223 e. The summed E-state index contributed by atoms with van der Waals surface area (Å²) in [7, 11) is 0. The molecule has 18 heavy (non-hydrogen) atoms. The molecule has 0 saturated carbocycles. The second-order valence-corrected chi connectivity index (χ2v) is 5.11. The zero-order valence-corrected chi connectivity index (χ0v) is 10.0. The predicted octanol–water partition coefficient (Wildman–Crippen LogP) is 3.18. The SMILES string of the molecule is O=C1CCC[C@H]2CC[C@@H](c3ccc(F)cc3F)N12. The molecule has 96 valence electrons. The summed E-state index contributed by atoms with van der Waals surface area (Å²) in [5.41, 5.74) is 0.453. The summed E-state index contributed by atoms with van der Waals surface area (Å²) in [5.74, 6) is -1.01. The fraction of sp³-hybridized carbons (Fsp3) is 0.500. The highest BCUT2D eigenvalue weighted by Gasteiger charge is 2.40. The van der Waals surface area contributed by atoms with Crippen molar-refractivity contribution in [2.75, 3.05) is 0 Å². The van der Waals surface area contributed by atoms with Crippen LogP contribution in [-0.2, 0) is 4.79 Å². The Hall–Kier alpha value is -1.45. The maximum absolute atomic E-state index is 13.8. The van der Waals surface area contributed by atoms with Crippen LogP contribution in [0, 0.1) is 11.6 Å². The summed E-state index contributed by atoms with van der Waals surface area (Å²) in [5, 5.41) is 0. The van der Waals surface area contributed by atoms with E-state index < -0.39 is 11.6 Å². The fourth-order valence-corrected chi connectivity index (χ4v) is 3.24. The van der Waals surface area contributed by atoms with Gasteiger partial charge in [0, 0.05) is 24.1 Å². The molecule has 2 atom stereocenters. The Morgan fingerprint density at radius 3 is 2.78 bits per heavy atom. The van der Waals surface area contributed by atoms with Crippen LogP contribution in [0.25, 0.3) is 0 Å². The van der Waals surface area contributed by atoms with Crippen molar-refractivity contribution < 1.29 is 13.6 Å². The van der Waals surface area contributed by atoms with Gasteiger partial charge in [-0.25, -0.2) is 8.78 Å². The molecule has 2 saturated heterocycles. The van der Waals surface area contributed by atoms with Crippen LogP contribution in [0.15, 0.2) is 18.2 Å². The second-order valence-electron chi connectivity index (χ2n) is 5.11. The van der Waals surface area contributed by atoms with Crippen LogP contribution in [0.4, 0.5) is 8.78 Å². The first-order chi connectivity index (χ1) is 8.66. The minimum absolute atomic E-state index is 0.109. The number of hydrogen-bond acceptors (Lipinski definition) is 1. The van der Waals surface area contributed by atoms with Crippen molar-refractivity contribution in [2.24, 2.45) is 0 Å². The van der Waals surface area contributed by atoms with Gasteiger partial charge in [0.2, 0.25) is 5.91 Å². The van der Waals surface area contributed by atoms with E-state index in [1.54, 1.807) is 0 Å². The first-order valence-electron chi connectivity index (χ1n) is 6.43. The number of hydrogen-bond donors (Lipinski definition) is 0. The van der Waals surface area contributed by atoms with Crippen molar-refractivity contribution in [1.82, 2.24) is 4.90 Å². The third-order valence-corrected chi connectivity index (χ3v) is 4.04. The standard InChI is InChI=1S/C14H15F2NO/c15-9-4-6-11(12(16)8-9)13-7-5-10-2-1-3-14(18)17(10)13/h4,6,8,10,13H,1-3,5,7H2/t10-,13-/m0/s1. The molecule has 2 fully saturated rings. The van der Waals surface area contributed by atoms with Crippen molar-refractivity contribution >= 4 is 5.91 Å². The summed E-state index contributed by atoms with van der Waals surface area (Å²) in [6, 6.07) is 3.68. The fourth-order valence-electron chi connectivity index (χ4n) is 3.24. The molecule has 4 heteroatoms. The van der Waals surface area contributed by atoms with E-state index in [1.165, 1.54) is 12.1 Å². The smallest absolute Gasteiger partial charge is 0.223 e. The van der Waals surface area contributed by atoms with Gasteiger partial charge in [0.05, 0.1) is 6.04 Å². The first-order valence-corrected chi connectivity index (χ1v) is 6.43. The van der Waals surface area contributed by atoms with Crippen LogP contribution in [0.2, 0.25) is 0 Å². The van der Waals surface area contributed by atoms with Gasteiger partial charge in [-0.15, -0.1) is 0 Å². The maximum atomic E-state index is 13.8. The molecule has 0 unspecified atom stereocenters. The van der Waals surface area contributed by atoms with Crippen LogP contribution in [0.5, 0.6) is 0 Å². The number of carbonyl (C=O) groups is 1. The van der Waals surface area contributed by atoms with Crippen LogP contribution >= 0.6 is 0 Å². The topological polar surface area (TPSA) is 20.3 Å². The summed E-state index contributed by atoms with van der Waals surface area (Å²) in [6.07, 6.45) is 4.19. The summed E-state index contributed by atoms with van der Waals surface area (Å²) < 4.78 is 26.7. The van der Waals surface area contributed by atoms with Gasteiger partial charge in [-0.05, 0) is 31.7 Å². The van der Waals surface area contributed by atoms with Gasteiger partial charge >= 0.3 is 0 Å². The zero-order chi connectivity index (χ0) is 12.7. The van der Waals surface area contributed by atoms with E-state index >= 15 is 0 Å². The monoisotopic (exact) mass is 251 g/mol. The zero-order valence-electron chi connectivity index (χ0n) is 10.0. The Morgan fingerprint density at radius 2 is 2.00 bits per heavy atom. The lowest BCUT2D eigenvalue weighted by Gasteiger charge is -2.34. The molecule has 0 aliphatic carbocycles. The van der Waals surface area contributed by atoms with Crippen molar-refractivity contribution in [1.29, 1.82) is 0 Å². The summed E-state index contributed by atoms with van der Waals surface area (Å²) in [6.45, 7) is 0. The molecule has 0 N–H and O–H groups in total. The van der Waals surface area contributed by atoms with Crippen molar-refractivity contribution in [3.8, 4) is 0 Å². The van der Waals surface area contributed by atoms with Crippen molar-refractivity contribution in [2.45, 2.75) is 44.2 Å². The number of nitrogens with zero attached hydrogens (tertiary/aromatic N) is 1. The molecule has 1 amide bonds. The third-order valence-electron chi connectivity index (χ3n) is 4.04. The van der Waals surface area contributed by atoms with E-state index in [0.29, 0.717) is 12.0 Å². The number of benzene rings is 1. The molecule has 0 radical (unpaired) electrons. The molecule has 1 aromatic carbocycles. The second kappa shape index (κ2) is 4.34. The van der Waals surface area contributed by atoms with Gasteiger partial charge in [-0.2, -0.15) is 0 Å². The number of rotatable bonds is 1. The van der Waals surface area contributed by atoms with Gasteiger partial charge < -0.3 is 4.90 Å². The Balaban J connectivity index is 1.94. The minimum Gasteiger partial charge on any atom is -0.333 e. The molecule has 2 heterocycles. The number of halogens is 2. The van der Waals surface area contributed by atoms with Gasteiger partial charge in [0.25, 0.3) is 0 Å². The van der Waals surface area contributed by atoms with Gasteiger partial charge in [0.1, 0.15) is 11.6 Å². The van der Waals surface area contributed by atoms with E-state index in [9.17, 15) is 13.6 Å². The van der Waals surface area contributed by atoms with Crippen LogP contribution < -0.4 is 0 Å². The Labute approximate surface area is 105 Å². The quantitative estimate of drug-likeness (QED) is 0.750. The highest BCUT2D eigenvalue weighted by Crippen LogP contribution is 2.41. The lowest BCUT2D eigenvalue weighted by molar-refractivity contribution is -0.136. The molecule has 2 aliphatic rings. The van der Waals surface area contributed by atoms with Gasteiger partial charge in [0.15, 0.2) is 0 Å². The molecule has 3 rings (SSSR count). The van der Waals surface area contributed by atoms with Crippen molar-refractivity contribution in [3.05, 3.63) is 35.4 Å². The number of carbonyl (C=O) groups excluding carboxylic acids is 1. The molecular formula is C14H15F2NO. The van der Waals surface area contributed by atoms with E-state index in [-0.39, 0.29) is 18.0 Å². The average molecular weight is 251 g/mol. The molecule has 0 spiro atoms. The molecule has 2 nitrogen and oxygen atoms in total. The first kappa shape index (κ1) is 11.6. The molecule has 0 aromatic heterocycles. The lowest BCUT2D eigenvalue weighted by Crippen LogP contribution is -2.40. The van der Waals surface area contributed by atoms with E-state index in [2.05, 4.69) is 0 Å².